The van der Waals surface area contributed by atoms with Crippen molar-refractivity contribution in [3.05, 3.63) is 27.2 Å². The molecule has 72 valence electrons. The Labute approximate surface area is 91.9 Å². The largest absolute Gasteiger partial charge is 0.478 e. The van der Waals surface area contributed by atoms with E-state index < -0.39 is 5.97 Å². The van der Waals surface area contributed by atoms with Crippen molar-refractivity contribution in [1.82, 2.24) is 0 Å². The number of aromatic carboxylic acids is 1. The average molecular weight is 253 g/mol. The maximum atomic E-state index is 11.0. The third-order valence-corrected chi connectivity index (χ3v) is 3.57. The first-order chi connectivity index (χ1) is 6.61. The van der Waals surface area contributed by atoms with Gasteiger partial charge in [0.2, 0.25) is 0 Å². The molecule has 1 N–H and O–H groups in total. The molecule has 1 aliphatic rings. The van der Waals surface area contributed by atoms with Gasteiger partial charge in [0.15, 0.2) is 0 Å². The van der Waals surface area contributed by atoms with Crippen molar-refractivity contribution in [2.45, 2.75) is 19.3 Å². The molecule has 0 aromatic heterocycles. The van der Waals surface area contributed by atoms with Crippen LogP contribution in [0.25, 0.3) is 0 Å². The van der Waals surface area contributed by atoms with Crippen LogP contribution in [0.4, 0.5) is 0 Å². The molecule has 0 atom stereocenters. The van der Waals surface area contributed by atoms with Crippen LogP contribution in [0, 0.1) is 0 Å². The van der Waals surface area contributed by atoms with Gasteiger partial charge >= 0.3 is 5.97 Å². The molecule has 1 aromatic carbocycles. The van der Waals surface area contributed by atoms with E-state index in [-0.39, 0.29) is 0 Å². The lowest BCUT2D eigenvalue weighted by molar-refractivity contribution is 0.0698. The number of halogens is 1. The molecule has 0 spiro atoms. The van der Waals surface area contributed by atoms with Crippen molar-refractivity contribution in [2.75, 3.05) is 0 Å². The Morgan fingerprint density at radius 3 is 2.71 bits per heavy atom. The Morgan fingerprint density at radius 1 is 1.43 bits per heavy atom. The minimum atomic E-state index is -0.835. The van der Waals surface area contributed by atoms with Crippen LogP contribution in [-0.4, -0.2) is 18.9 Å². The quantitative estimate of drug-likeness (QED) is 0.754. The first kappa shape index (κ1) is 9.78. The SMILES string of the molecule is Bc1c(C(=O)O)cc(Br)c2c1CCC2. The summed E-state index contributed by atoms with van der Waals surface area (Å²) in [6, 6.07) is 1.72. The van der Waals surface area contributed by atoms with Crippen molar-refractivity contribution in [2.24, 2.45) is 0 Å². The van der Waals surface area contributed by atoms with Gasteiger partial charge in [-0.05, 0) is 36.5 Å². The Morgan fingerprint density at radius 2 is 2.07 bits per heavy atom. The van der Waals surface area contributed by atoms with Crippen LogP contribution >= 0.6 is 15.9 Å². The molecule has 0 heterocycles. The summed E-state index contributed by atoms with van der Waals surface area (Å²) in [5.74, 6) is -0.835. The van der Waals surface area contributed by atoms with E-state index in [1.807, 2.05) is 7.85 Å². The van der Waals surface area contributed by atoms with E-state index in [0.717, 1.165) is 29.2 Å². The van der Waals surface area contributed by atoms with E-state index in [0.29, 0.717) is 5.56 Å². The van der Waals surface area contributed by atoms with E-state index in [1.165, 1.54) is 11.1 Å². The van der Waals surface area contributed by atoms with Gasteiger partial charge in [-0.1, -0.05) is 21.4 Å². The van der Waals surface area contributed by atoms with Gasteiger partial charge in [-0.3, -0.25) is 0 Å². The lowest BCUT2D eigenvalue weighted by atomic mass is 9.84. The summed E-state index contributed by atoms with van der Waals surface area (Å²) in [4.78, 5) is 11.0. The van der Waals surface area contributed by atoms with E-state index in [4.69, 9.17) is 5.11 Å². The summed E-state index contributed by atoms with van der Waals surface area (Å²) in [5.41, 5.74) is 3.90. The zero-order valence-corrected chi connectivity index (χ0v) is 9.52. The number of rotatable bonds is 1. The number of hydrogen-bond donors (Lipinski definition) is 1. The van der Waals surface area contributed by atoms with E-state index >= 15 is 0 Å². The molecule has 0 radical (unpaired) electrons. The predicted molar refractivity (Wildman–Crippen MR) is 61.3 cm³/mol. The zero-order chi connectivity index (χ0) is 10.3. The zero-order valence-electron chi connectivity index (χ0n) is 7.93. The van der Waals surface area contributed by atoms with Gasteiger partial charge < -0.3 is 5.11 Å². The van der Waals surface area contributed by atoms with Crippen molar-refractivity contribution in [3.63, 3.8) is 0 Å². The van der Waals surface area contributed by atoms with Crippen LogP contribution in [0.3, 0.4) is 0 Å². The van der Waals surface area contributed by atoms with Crippen LogP contribution in [0.1, 0.15) is 27.9 Å². The molecular formula is C10H10BBrO2. The standard InChI is InChI=1S/C10H10BBrO2/c11-9-6-3-1-2-5(6)8(12)4-7(9)10(13)14/h4H,1-3,11H2,(H,13,14). The predicted octanol–water partition coefficient (Wildman–Crippen LogP) is 0.894. The molecule has 2 nitrogen and oxygen atoms in total. The molecule has 4 heteroatoms. The average Bonchev–Trinajstić information content (AvgIpc) is 2.59. The molecular weight excluding hydrogens is 243 g/mol. The fraction of sp³-hybridized carbons (Fsp3) is 0.300. The van der Waals surface area contributed by atoms with E-state index in [9.17, 15) is 4.79 Å². The van der Waals surface area contributed by atoms with Gasteiger partial charge in [0.1, 0.15) is 7.85 Å². The highest BCUT2D eigenvalue weighted by Crippen LogP contribution is 2.28. The Hall–Kier alpha value is -0.765. The fourth-order valence-electron chi connectivity index (χ4n) is 2.13. The number of benzene rings is 1. The molecule has 14 heavy (non-hydrogen) atoms. The summed E-state index contributed by atoms with van der Waals surface area (Å²) in [6.45, 7) is 0. The molecule has 0 saturated carbocycles. The van der Waals surface area contributed by atoms with Crippen LogP contribution in [0.2, 0.25) is 0 Å². The van der Waals surface area contributed by atoms with Crippen molar-refractivity contribution in [1.29, 1.82) is 0 Å². The number of carboxylic acid groups (broad SMARTS) is 1. The van der Waals surface area contributed by atoms with Crippen molar-refractivity contribution in [3.8, 4) is 0 Å². The second-order valence-corrected chi connectivity index (χ2v) is 4.50. The smallest absolute Gasteiger partial charge is 0.335 e. The third-order valence-electron chi connectivity index (χ3n) is 2.86. The first-order valence-electron chi connectivity index (χ1n) is 4.65. The number of carboxylic acids is 1. The van der Waals surface area contributed by atoms with E-state index in [2.05, 4.69) is 15.9 Å². The van der Waals surface area contributed by atoms with Gasteiger partial charge in [-0.15, -0.1) is 0 Å². The maximum Gasteiger partial charge on any atom is 0.335 e. The fourth-order valence-corrected chi connectivity index (χ4v) is 2.79. The minimum absolute atomic E-state index is 0.428. The highest BCUT2D eigenvalue weighted by molar-refractivity contribution is 9.10. The molecule has 2 rings (SSSR count). The Kier molecular flexibility index (Phi) is 2.39. The van der Waals surface area contributed by atoms with Crippen LogP contribution < -0.4 is 5.46 Å². The van der Waals surface area contributed by atoms with Gasteiger partial charge in [-0.2, -0.15) is 0 Å². The Bertz CT molecular complexity index is 415. The first-order valence-corrected chi connectivity index (χ1v) is 5.44. The van der Waals surface area contributed by atoms with Gasteiger partial charge in [0.05, 0.1) is 5.56 Å². The van der Waals surface area contributed by atoms with E-state index in [1.54, 1.807) is 6.07 Å². The number of carbonyl (C=O) groups is 1. The molecule has 0 amide bonds. The molecule has 1 aromatic rings. The summed E-state index contributed by atoms with van der Waals surface area (Å²) in [6.07, 6.45) is 3.22. The number of fused-ring (bicyclic) bond motifs is 1. The second kappa shape index (κ2) is 3.42. The minimum Gasteiger partial charge on any atom is -0.478 e. The monoisotopic (exact) mass is 252 g/mol. The molecule has 0 aliphatic heterocycles. The van der Waals surface area contributed by atoms with Gasteiger partial charge in [0, 0.05) is 4.47 Å². The lowest BCUT2D eigenvalue weighted by Crippen LogP contribution is -2.20. The second-order valence-electron chi connectivity index (χ2n) is 3.65. The number of hydrogen-bond acceptors (Lipinski definition) is 1. The highest BCUT2D eigenvalue weighted by atomic mass is 79.9. The Balaban J connectivity index is 2.68. The molecule has 0 unspecified atom stereocenters. The van der Waals surface area contributed by atoms with Gasteiger partial charge in [0.25, 0.3) is 0 Å². The summed E-state index contributed by atoms with van der Waals surface area (Å²) in [5, 5.41) is 9.00. The lowest BCUT2D eigenvalue weighted by Gasteiger charge is -2.10. The third kappa shape index (κ3) is 1.38. The molecule has 0 bridgehead atoms. The summed E-state index contributed by atoms with van der Waals surface area (Å²) >= 11 is 3.44. The normalized spacial score (nSPS) is 14.1. The summed E-state index contributed by atoms with van der Waals surface area (Å²) < 4.78 is 0.952. The molecule has 1 aliphatic carbocycles. The van der Waals surface area contributed by atoms with Crippen molar-refractivity contribution >= 4 is 35.2 Å². The van der Waals surface area contributed by atoms with Crippen molar-refractivity contribution < 1.29 is 9.90 Å². The maximum absolute atomic E-state index is 11.0. The van der Waals surface area contributed by atoms with Crippen LogP contribution in [0.5, 0.6) is 0 Å². The van der Waals surface area contributed by atoms with Gasteiger partial charge in [-0.25, -0.2) is 4.79 Å². The molecule has 0 saturated heterocycles. The summed E-state index contributed by atoms with van der Waals surface area (Å²) in [7, 11) is 1.90. The highest BCUT2D eigenvalue weighted by Gasteiger charge is 2.20. The molecule has 0 fully saturated rings. The van der Waals surface area contributed by atoms with Crippen LogP contribution in [-0.2, 0) is 12.8 Å². The van der Waals surface area contributed by atoms with Crippen LogP contribution in [0.15, 0.2) is 10.5 Å². The topological polar surface area (TPSA) is 37.3 Å².